The van der Waals surface area contributed by atoms with Crippen molar-refractivity contribution in [2.24, 2.45) is 0 Å². The largest absolute Gasteiger partial charge is 0.354 e. The number of rotatable bonds is 5. The lowest BCUT2D eigenvalue weighted by Gasteiger charge is -2.38. The molecular formula is C59H73BrN4Si. The predicted molar refractivity (Wildman–Crippen MR) is 290 cm³/mol. The summed E-state index contributed by atoms with van der Waals surface area (Å²) in [7, 11) is -2.15. The van der Waals surface area contributed by atoms with Gasteiger partial charge in [0.15, 0.2) is 0 Å². The summed E-state index contributed by atoms with van der Waals surface area (Å²) < 4.78 is 0.949. The Morgan fingerprint density at radius 3 is 1.08 bits per heavy atom. The average Bonchev–Trinajstić information content (AvgIpc) is 4.04. The molecule has 0 radical (unpaired) electrons. The van der Waals surface area contributed by atoms with Gasteiger partial charge in [-0.25, -0.2) is 9.97 Å². The van der Waals surface area contributed by atoms with Crippen molar-refractivity contribution in [3.63, 3.8) is 0 Å². The Labute approximate surface area is 400 Å². The molecule has 2 N–H and O–H groups in total. The Bertz CT molecular complexity index is 2700. The molecule has 340 valence electrons. The van der Waals surface area contributed by atoms with E-state index >= 15 is 0 Å². The maximum absolute atomic E-state index is 5.60. The molecule has 5 heterocycles. The van der Waals surface area contributed by atoms with E-state index in [1.54, 1.807) is 0 Å². The van der Waals surface area contributed by atoms with Crippen LogP contribution in [0, 0.1) is 11.5 Å². The third-order valence-corrected chi connectivity index (χ3v) is 21.0. The lowest BCUT2D eigenvalue weighted by molar-refractivity contribution is 0.568. The summed E-state index contributed by atoms with van der Waals surface area (Å²) in [6.07, 6.45) is 8.71. The van der Waals surface area contributed by atoms with Crippen molar-refractivity contribution in [1.82, 2.24) is 19.9 Å². The normalized spacial score (nSPS) is 13.6. The molecule has 8 bridgehead atoms. The molecule has 4 nitrogen and oxygen atoms in total. The number of aromatic nitrogens is 4. The van der Waals surface area contributed by atoms with Gasteiger partial charge in [0.05, 0.1) is 43.8 Å². The van der Waals surface area contributed by atoms with E-state index in [-0.39, 0.29) is 21.7 Å². The van der Waals surface area contributed by atoms with Gasteiger partial charge in [0.25, 0.3) is 0 Å². The van der Waals surface area contributed by atoms with Crippen molar-refractivity contribution in [2.75, 3.05) is 0 Å². The second kappa shape index (κ2) is 17.2. The summed E-state index contributed by atoms with van der Waals surface area (Å²) in [5.41, 5.74) is 23.2. The third kappa shape index (κ3) is 9.48. The molecule has 0 atom stereocenters. The molecule has 2 aliphatic heterocycles. The van der Waals surface area contributed by atoms with Crippen LogP contribution in [0.4, 0.5) is 0 Å². The molecule has 7 rings (SSSR count). The number of fused-ring (bicyclic) bond motifs is 8. The van der Waals surface area contributed by atoms with Crippen LogP contribution in [0.3, 0.4) is 0 Å². The van der Waals surface area contributed by atoms with Crippen molar-refractivity contribution in [3.8, 4) is 33.7 Å². The lowest BCUT2D eigenvalue weighted by atomic mass is 9.78. The second-order valence-corrected chi connectivity index (χ2v) is 30.1. The van der Waals surface area contributed by atoms with E-state index < -0.39 is 8.07 Å². The number of H-pyrrole nitrogens is 2. The average molecular weight is 946 g/mol. The first-order valence-corrected chi connectivity index (χ1v) is 26.8. The zero-order chi connectivity index (χ0) is 47.8. The van der Waals surface area contributed by atoms with Gasteiger partial charge in [-0.2, -0.15) is 0 Å². The number of aromatic amines is 2. The molecule has 65 heavy (non-hydrogen) atoms. The van der Waals surface area contributed by atoms with Crippen LogP contribution in [0.5, 0.6) is 0 Å². The predicted octanol–water partition coefficient (Wildman–Crippen LogP) is 17.5. The standard InChI is InChI=1S/C59H73BrN4Si/c1-35(2)65(36(3)4,37(5)6)28-27-44-45-19-21-47(61-45)53(38-29-40(56(7,8)9)33-41(30-38)57(10,11)12)49-23-25-51(63-49)55(60)52-26-24-50(64-52)54(48-22-20-46(44)62-48)39-31-42(58(13,14)15)34-43(32-39)59(16,17)18/h19-26,29-37,63-64H,1-18H3. The highest BCUT2D eigenvalue weighted by atomic mass is 79.9. The van der Waals surface area contributed by atoms with Crippen LogP contribution in [0.25, 0.3) is 68.6 Å². The van der Waals surface area contributed by atoms with E-state index in [1.165, 1.54) is 22.3 Å². The Balaban J connectivity index is 1.70. The minimum atomic E-state index is -2.15. The number of hydrogen-bond acceptors (Lipinski definition) is 2. The zero-order valence-electron chi connectivity index (χ0n) is 42.6. The fourth-order valence-corrected chi connectivity index (χ4v) is 15.5. The van der Waals surface area contributed by atoms with Crippen LogP contribution in [-0.2, 0) is 21.7 Å². The number of benzene rings is 2. The number of hydrogen-bond donors (Lipinski definition) is 2. The minimum absolute atomic E-state index is 0.0575. The number of nitrogens with zero attached hydrogens (tertiary/aromatic N) is 2. The van der Waals surface area contributed by atoms with Crippen LogP contribution >= 0.6 is 15.9 Å². The van der Waals surface area contributed by atoms with Gasteiger partial charge >= 0.3 is 0 Å². The molecule has 0 fully saturated rings. The molecule has 0 saturated heterocycles. The fourth-order valence-electron chi connectivity index (χ4n) is 9.79. The highest BCUT2D eigenvalue weighted by Gasteiger charge is 2.42. The van der Waals surface area contributed by atoms with Gasteiger partial charge in [-0.15, -0.1) is 5.54 Å². The van der Waals surface area contributed by atoms with Crippen LogP contribution in [0.2, 0.25) is 16.6 Å². The molecular weight excluding hydrogens is 873 g/mol. The number of halogens is 1. The van der Waals surface area contributed by atoms with Crippen LogP contribution in [-0.4, -0.2) is 28.0 Å². The fraction of sp³-hybridized carbons (Fsp3) is 0.424. The van der Waals surface area contributed by atoms with E-state index in [9.17, 15) is 0 Å². The third-order valence-electron chi connectivity index (χ3n) is 13.9. The van der Waals surface area contributed by atoms with E-state index in [2.05, 4.69) is 247 Å². The van der Waals surface area contributed by atoms with Gasteiger partial charge < -0.3 is 9.97 Å². The molecule has 0 saturated carbocycles. The minimum Gasteiger partial charge on any atom is -0.354 e. The molecule has 6 heteroatoms. The summed E-state index contributed by atoms with van der Waals surface area (Å²) >= 11 is 4.06. The van der Waals surface area contributed by atoms with E-state index in [4.69, 9.17) is 9.97 Å². The molecule has 2 aliphatic rings. The first-order chi connectivity index (χ1) is 30.1. The van der Waals surface area contributed by atoms with Gasteiger partial charge in [-0.3, -0.25) is 0 Å². The SMILES string of the molecule is CC(C)[Si](C#Cc1c2nc(c(-c3cc(C(C)(C)C)cc(C(C)(C)C)c3)c3ccc([nH]3)c(Br)c3ccc([nH]3)c(-c3cc(C(C)(C)C)cc(C(C)(C)C)c3)c3nc1C=C3)C=C2)(C(C)C)C(C)C. The highest BCUT2D eigenvalue weighted by molar-refractivity contribution is 9.10. The van der Waals surface area contributed by atoms with E-state index in [1.807, 2.05) is 0 Å². The molecule has 5 aromatic rings. The Kier molecular flexibility index (Phi) is 12.8. The Morgan fingerprint density at radius 1 is 0.462 bits per heavy atom. The van der Waals surface area contributed by atoms with Gasteiger partial charge in [-0.1, -0.05) is 167 Å². The summed E-state index contributed by atoms with van der Waals surface area (Å²) in [5.74, 6) is 3.89. The molecule has 2 aromatic carbocycles. The topological polar surface area (TPSA) is 57.4 Å². The summed E-state index contributed by atoms with van der Waals surface area (Å²) in [6.45, 7) is 41.9. The summed E-state index contributed by atoms with van der Waals surface area (Å²) in [5, 5.41) is 0. The summed E-state index contributed by atoms with van der Waals surface area (Å²) in [4.78, 5) is 18.9. The van der Waals surface area contributed by atoms with Crippen molar-refractivity contribution >= 4 is 70.4 Å². The van der Waals surface area contributed by atoms with E-state index in [0.717, 1.165) is 77.1 Å². The van der Waals surface area contributed by atoms with Crippen LogP contribution < -0.4 is 0 Å². The van der Waals surface area contributed by atoms with Gasteiger partial charge in [0, 0.05) is 22.2 Å². The molecule has 0 unspecified atom stereocenters. The maximum Gasteiger partial charge on any atom is 0.146 e. The second-order valence-electron chi connectivity index (χ2n) is 23.7. The molecule has 0 spiro atoms. The van der Waals surface area contributed by atoms with E-state index in [0.29, 0.717) is 16.6 Å². The highest BCUT2D eigenvalue weighted by Crippen LogP contribution is 2.43. The smallest absolute Gasteiger partial charge is 0.146 e. The van der Waals surface area contributed by atoms with Gasteiger partial charge in [0.1, 0.15) is 8.07 Å². The molecule has 0 aliphatic carbocycles. The molecule has 3 aromatic heterocycles. The van der Waals surface area contributed by atoms with Crippen LogP contribution in [0.1, 0.15) is 175 Å². The maximum atomic E-state index is 5.60. The zero-order valence-corrected chi connectivity index (χ0v) is 45.2. The number of nitrogens with one attached hydrogen (secondary N) is 2. The van der Waals surface area contributed by atoms with Gasteiger partial charge in [0.2, 0.25) is 0 Å². The van der Waals surface area contributed by atoms with Crippen LogP contribution in [0.15, 0.2) is 65.1 Å². The van der Waals surface area contributed by atoms with Gasteiger partial charge in [-0.05, 0) is 136 Å². The van der Waals surface area contributed by atoms with Crippen molar-refractivity contribution < 1.29 is 0 Å². The lowest BCUT2D eigenvalue weighted by Crippen LogP contribution is -2.43. The van der Waals surface area contributed by atoms with Crippen molar-refractivity contribution in [2.45, 2.75) is 163 Å². The van der Waals surface area contributed by atoms with Crippen molar-refractivity contribution in [3.05, 3.63) is 116 Å². The molecule has 0 amide bonds. The van der Waals surface area contributed by atoms with Crippen molar-refractivity contribution in [1.29, 1.82) is 0 Å². The quantitative estimate of drug-likeness (QED) is 0.133. The first-order valence-electron chi connectivity index (χ1n) is 23.8. The first kappa shape index (κ1) is 48.2. The Hall–Kier alpha value is -4.70. The summed E-state index contributed by atoms with van der Waals surface area (Å²) in [6, 6.07) is 23.0. The monoisotopic (exact) mass is 944 g/mol. The Morgan fingerprint density at radius 2 is 0.769 bits per heavy atom.